The molecule has 0 amide bonds. The quantitative estimate of drug-likeness (QED) is 0.814. The van der Waals surface area contributed by atoms with Crippen LogP contribution in [-0.2, 0) is 10.0 Å². The van der Waals surface area contributed by atoms with E-state index >= 15 is 0 Å². The molecule has 0 aliphatic heterocycles. The van der Waals surface area contributed by atoms with Gasteiger partial charge in [0.15, 0.2) is 0 Å². The number of sulfonamides is 1. The first-order chi connectivity index (χ1) is 7.45. The van der Waals surface area contributed by atoms with E-state index in [0.29, 0.717) is 24.6 Å². The minimum Gasteiger partial charge on any atom is -0.492 e. The lowest BCUT2D eigenvalue weighted by molar-refractivity contribution is 0.328. The van der Waals surface area contributed by atoms with Crippen molar-refractivity contribution in [3.05, 3.63) is 24.3 Å². The third-order valence-corrected chi connectivity index (χ3v) is 3.29. The summed E-state index contributed by atoms with van der Waals surface area (Å²) in [7, 11) is -1.71. The van der Waals surface area contributed by atoms with E-state index in [-0.39, 0.29) is 0 Å². The number of rotatable bonds is 5. The summed E-state index contributed by atoms with van der Waals surface area (Å²) < 4.78 is 29.0. The van der Waals surface area contributed by atoms with Crippen LogP contribution < -0.4 is 14.8 Å². The van der Waals surface area contributed by atoms with Gasteiger partial charge in [-0.05, 0) is 24.3 Å². The third-order valence-electron chi connectivity index (χ3n) is 2.08. The van der Waals surface area contributed by atoms with Crippen LogP contribution in [0.15, 0.2) is 24.3 Å². The molecule has 1 rings (SSSR count). The molecule has 0 heterocycles. The maximum Gasteiger partial charge on any atom is 0.231 e. The van der Waals surface area contributed by atoms with Gasteiger partial charge in [0, 0.05) is 13.6 Å². The molecule has 0 saturated heterocycles. The molecule has 0 aromatic heterocycles. The van der Waals surface area contributed by atoms with Gasteiger partial charge in [-0.15, -0.1) is 0 Å². The van der Waals surface area contributed by atoms with Gasteiger partial charge in [0.2, 0.25) is 10.0 Å². The minimum atomic E-state index is -3.21. The zero-order valence-electron chi connectivity index (χ0n) is 9.38. The van der Waals surface area contributed by atoms with E-state index in [1.54, 1.807) is 24.3 Å². The molecule has 0 aliphatic carbocycles. The highest BCUT2D eigenvalue weighted by Gasteiger charge is 2.11. The normalized spacial score (nSPS) is 11.2. The van der Waals surface area contributed by atoms with Crippen molar-refractivity contribution in [1.29, 1.82) is 0 Å². The predicted octanol–water partition coefficient (Wildman–Crippen LogP) is 0.420. The van der Waals surface area contributed by atoms with E-state index in [9.17, 15) is 8.42 Å². The van der Waals surface area contributed by atoms with Crippen molar-refractivity contribution in [2.75, 3.05) is 30.8 Å². The number of nitrogens with zero attached hydrogens (tertiary/aromatic N) is 1. The lowest BCUT2D eigenvalue weighted by atomic mass is 10.3. The number of nitrogens with two attached hydrogens (primary N) is 1. The van der Waals surface area contributed by atoms with Gasteiger partial charge in [0.25, 0.3) is 0 Å². The number of hydrogen-bond donors (Lipinski definition) is 1. The summed E-state index contributed by atoms with van der Waals surface area (Å²) in [6, 6.07) is 6.80. The van der Waals surface area contributed by atoms with Crippen LogP contribution in [0, 0.1) is 0 Å². The topological polar surface area (TPSA) is 72.6 Å². The van der Waals surface area contributed by atoms with Gasteiger partial charge in [-0.3, -0.25) is 4.31 Å². The lowest BCUT2D eigenvalue weighted by Gasteiger charge is -2.16. The van der Waals surface area contributed by atoms with E-state index in [1.807, 2.05) is 0 Å². The van der Waals surface area contributed by atoms with E-state index in [2.05, 4.69) is 0 Å². The molecule has 0 spiro atoms. The van der Waals surface area contributed by atoms with Gasteiger partial charge >= 0.3 is 0 Å². The predicted molar refractivity (Wildman–Crippen MR) is 64.2 cm³/mol. The molecule has 90 valence electrons. The van der Waals surface area contributed by atoms with Gasteiger partial charge in [-0.1, -0.05) is 0 Å². The second-order valence-corrected chi connectivity index (χ2v) is 5.38. The smallest absolute Gasteiger partial charge is 0.231 e. The first-order valence-electron chi connectivity index (χ1n) is 4.82. The largest absolute Gasteiger partial charge is 0.492 e. The molecule has 0 radical (unpaired) electrons. The maximum atomic E-state index is 11.3. The summed E-state index contributed by atoms with van der Waals surface area (Å²) in [5, 5.41) is 0. The Morgan fingerprint density at radius 3 is 2.31 bits per heavy atom. The first kappa shape index (κ1) is 12.8. The Hall–Kier alpha value is -1.27. The summed E-state index contributed by atoms with van der Waals surface area (Å²) in [4.78, 5) is 0. The molecule has 2 N–H and O–H groups in total. The van der Waals surface area contributed by atoms with Crippen molar-refractivity contribution in [2.45, 2.75) is 0 Å². The lowest BCUT2D eigenvalue weighted by Crippen LogP contribution is -2.24. The fraction of sp³-hybridized carbons (Fsp3) is 0.400. The summed E-state index contributed by atoms with van der Waals surface area (Å²) in [5.74, 6) is 0.677. The number of hydrogen-bond acceptors (Lipinski definition) is 4. The third kappa shape index (κ3) is 3.39. The molecule has 16 heavy (non-hydrogen) atoms. The van der Waals surface area contributed by atoms with Gasteiger partial charge in [0.1, 0.15) is 12.4 Å². The average Bonchev–Trinajstić information content (AvgIpc) is 2.25. The average molecular weight is 244 g/mol. The number of benzene rings is 1. The Morgan fingerprint density at radius 2 is 1.88 bits per heavy atom. The molecule has 6 heteroatoms. The van der Waals surface area contributed by atoms with Crippen molar-refractivity contribution >= 4 is 15.7 Å². The molecule has 0 saturated carbocycles. The van der Waals surface area contributed by atoms with Crippen LogP contribution in [0.25, 0.3) is 0 Å². The van der Waals surface area contributed by atoms with Crippen molar-refractivity contribution in [3.63, 3.8) is 0 Å². The Balaban J connectivity index is 2.79. The molecule has 1 aromatic rings. The Kier molecular flexibility index (Phi) is 4.14. The van der Waals surface area contributed by atoms with Gasteiger partial charge in [-0.2, -0.15) is 0 Å². The van der Waals surface area contributed by atoms with E-state index in [1.165, 1.54) is 11.4 Å². The zero-order chi connectivity index (χ0) is 12.2. The first-order valence-corrected chi connectivity index (χ1v) is 6.67. The molecule has 1 aromatic carbocycles. The Morgan fingerprint density at radius 1 is 1.31 bits per heavy atom. The maximum absolute atomic E-state index is 11.3. The summed E-state index contributed by atoms with van der Waals surface area (Å²) in [6.45, 7) is 0.895. The van der Waals surface area contributed by atoms with Crippen LogP contribution in [-0.4, -0.2) is 34.9 Å². The summed E-state index contributed by atoms with van der Waals surface area (Å²) >= 11 is 0. The summed E-state index contributed by atoms with van der Waals surface area (Å²) in [5.41, 5.74) is 5.90. The molecular formula is C10H16N2O3S. The van der Waals surface area contributed by atoms with Crippen LogP contribution in [0.2, 0.25) is 0 Å². The monoisotopic (exact) mass is 244 g/mol. The van der Waals surface area contributed by atoms with Crippen LogP contribution in [0.4, 0.5) is 5.69 Å². The number of ether oxygens (including phenoxy) is 1. The second kappa shape index (κ2) is 5.18. The molecule has 0 fully saturated rings. The van der Waals surface area contributed by atoms with E-state index < -0.39 is 10.0 Å². The fourth-order valence-corrected chi connectivity index (χ4v) is 1.63. The molecule has 0 aliphatic rings. The van der Waals surface area contributed by atoms with Crippen LogP contribution in [0.1, 0.15) is 0 Å². The van der Waals surface area contributed by atoms with Crippen LogP contribution >= 0.6 is 0 Å². The van der Waals surface area contributed by atoms with Crippen LogP contribution in [0.5, 0.6) is 5.75 Å². The van der Waals surface area contributed by atoms with Crippen LogP contribution in [0.3, 0.4) is 0 Å². The molecular weight excluding hydrogens is 228 g/mol. The van der Waals surface area contributed by atoms with E-state index in [4.69, 9.17) is 10.5 Å². The van der Waals surface area contributed by atoms with Gasteiger partial charge in [0.05, 0.1) is 11.9 Å². The van der Waals surface area contributed by atoms with Crippen molar-refractivity contribution in [2.24, 2.45) is 5.73 Å². The summed E-state index contributed by atoms with van der Waals surface area (Å²) in [6.07, 6.45) is 1.16. The molecule has 5 nitrogen and oxygen atoms in total. The Labute approximate surface area is 95.9 Å². The van der Waals surface area contributed by atoms with Crippen molar-refractivity contribution < 1.29 is 13.2 Å². The van der Waals surface area contributed by atoms with Gasteiger partial charge in [-0.25, -0.2) is 8.42 Å². The minimum absolute atomic E-state index is 0.446. The standard InChI is InChI=1S/C10H16N2O3S/c1-12(16(2,13)14)9-3-5-10(6-4-9)15-8-7-11/h3-6H,7-8,11H2,1-2H3. The van der Waals surface area contributed by atoms with Gasteiger partial charge < -0.3 is 10.5 Å². The van der Waals surface area contributed by atoms with Crippen molar-refractivity contribution in [3.8, 4) is 5.75 Å². The molecule has 0 bridgehead atoms. The second-order valence-electron chi connectivity index (χ2n) is 3.36. The SMILES string of the molecule is CN(c1ccc(OCCN)cc1)S(C)(=O)=O. The highest BCUT2D eigenvalue weighted by Crippen LogP contribution is 2.19. The molecule has 0 atom stereocenters. The highest BCUT2D eigenvalue weighted by atomic mass is 32.2. The van der Waals surface area contributed by atoms with Crippen molar-refractivity contribution in [1.82, 2.24) is 0 Å². The fourth-order valence-electron chi connectivity index (χ4n) is 1.12. The molecule has 0 unspecified atom stereocenters. The number of anilines is 1. The Bertz CT molecular complexity index is 428. The van der Waals surface area contributed by atoms with E-state index in [0.717, 1.165) is 6.26 Å². The zero-order valence-corrected chi connectivity index (χ0v) is 10.2. The highest BCUT2D eigenvalue weighted by molar-refractivity contribution is 7.92.